The molecular formula is C28H37NO6. The molecule has 2 aliphatic carbocycles. The normalized spacial score (nSPS) is 25.6. The number of carbonyl (C=O) groups excluding carboxylic acids is 2. The summed E-state index contributed by atoms with van der Waals surface area (Å²) in [4.78, 5) is 27.7. The van der Waals surface area contributed by atoms with Crippen LogP contribution in [0.4, 0.5) is 0 Å². The van der Waals surface area contributed by atoms with Gasteiger partial charge >= 0.3 is 5.97 Å². The van der Waals surface area contributed by atoms with E-state index in [-0.39, 0.29) is 35.9 Å². The molecule has 35 heavy (non-hydrogen) atoms. The van der Waals surface area contributed by atoms with E-state index in [4.69, 9.17) is 14.2 Å². The van der Waals surface area contributed by atoms with Crippen LogP contribution in [0.25, 0.3) is 6.08 Å². The van der Waals surface area contributed by atoms with Crippen LogP contribution in [0.1, 0.15) is 62.1 Å². The van der Waals surface area contributed by atoms with Gasteiger partial charge in [0.15, 0.2) is 23.0 Å². The summed E-state index contributed by atoms with van der Waals surface area (Å²) in [6.45, 7) is 3.38. The van der Waals surface area contributed by atoms with Gasteiger partial charge in [-0.15, -0.1) is 0 Å². The highest BCUT2D eigenvalue weighted by Crippen LogP contribution is 2.58. The number of hydrogen-bond acceptors (Lipinski definition) is 7. The van der Waals surface area contributed by atoms with Crippen molar-refractivity contribution in [1.29, 1.82) is 0 Å². The number of likely N-dealkylation sites (N-methyl/N-ethyl adjacent to an activating group) is 1. The number of Topliss-reactive ketones (excluding diaryl/α,β-unsaturated/α-hetero) is 1. The Hall–Kier alpha value is -2.80. The maximum absolute atomic E-state index is 13.0. The molecular weight excluding hydrogens is 446 g/mol. The lowest BCUT2D eigenvalue weighted by Gasteiger charge is -2.56. The summed E-state index contributed by atoms with van der Waals surface area (Å²) in [6.07, 6.45) is 11.0. The molecule has 4 rings (SSSR count). The largest absolute Gasteiger partial charge is 0.504 e. The molecule has 0 amide bonds. The summed E-state index contributed by atoms with van der Waals surface area (Å²) in [6, 6.07) is 1.92. The Kier molecular flexibility index (Phi) is 7.55. The molecule has 0 unspecified atom stereocenters. The third-order valence-corrected chi connectivity index (χ3v) is 8.01. The molecule has 0 radical (unpaired) electrons. The van der Waals surface area contributed by atoms with E-state index < -0.39 is 5.41 Å². The topological polar surface area (TPSA) is 85.3 Å². The van der Waals surface area contributed by atoms with E-state index in [1.807, 2.05) is 6.08 Å². The van der Waals surface area contributed by atoms with Crippen molar-refractivity contribution in [2.75, 3.05) is 34.4 Å². The number of rotatable bonds is 9. The maximum atomic E-state index is 13.0. The fraction of sp³-hybridized carbons (Fsp3) is 0.571. The van der Waals surface area contributed by atoms with Gasteiger partial charge in [0, 0.05) is 35.4 Å². The number of carbonyl (C=O) groups is 2. The molecule has 1 aliphatic heterocycles. The Bertz CT molecular complexity index is 1040. The SMILES string of the molecule is CCCCCCOC(=O)/C=C/c1cc(OC)c(O)c2c1C[C@@H]1[C@@H]3C=C(OC)C(=O)C[C@]23CCN1C. The van der Waals surface area contributed by atoms with Crippen LogP contribution in [0.15, 0.2) is 24.0 Å². The first-order valence-corrected chi connectivity index (χ1v) is 12.6. The molecule has 0 aromatic heterocycles. The highest BCUT2D eigenvalue weighted by molar-refractivity contribution is 5.96. The smallest absolute Gasteiger partial charge is 0.330 e. The van der Waals surface area contributed by atoms with Crippen molar-refractivity contribution in [2.45, 2.75) is 63.3 Å². The molecule has 2 bridgehead atoms. The van der Waals surface area contributed by atoms with Crippen LogP contribution < -0.4 is 4.74 Å². The predicted molar refractivity (Wildman–Crippen MR) is 133 cm³/mol. The third kappa shape index (κ3) is 4.58. The molecule has 1 aromatic rings. The summed E-state index contributed by atoms with van der Waals surface area (Å²) in [7, 11) is 5.15. The number of esters is 1. The molecule has 1 aromatic carbocycles. The van der Waals surface area contributed by atoms with Crippen molar-refractivity contribution in [2.24, 2.45) is 5.92 Å². The summed E-state index contributed by atoms with van der Waals surface area (Å²) in [5.41, 5.74) is 2.01. The van der Waals surface area contributed by atoms with E-state index in [1.165, 1.54) is 20.3 Å². The fourth-order valence-electron chi connectivity index (χ4n) is 6.19. The number of ether oxygens (including phenoxy) is 3. The highest BCUT2D eigenvalue weighted by atomic mass is 16.5. The minimum Gasteiger partial charge on any atom is -0.504 e. The first kappa shape index (κ1) is 25.3. The lowest BCUT2D eigenvalue weighted by atomic mass is 9.53. The molecule has 3 atom stereocenters. The molecule has 7 nitrogen and oxygen atoms in total. The van der Waals surface area contributed by atoms with Crippen molar-refractivity contribution in [1.82, 2.24) is 4.90 Å². The van der Waals surface area contributed by atoms with Crippen LogP contribution >= 0.6 is 0 Å². The van der Waals surface area contributed by atoms with Gasteiger partial charge in [-0.1, -0.05) is 26.2 Å². The van der Waals surface area contributed by atoms with E-state index in [0.717, 1.165) is 55.3 Å². The van der Waals surface area contributed by atoms with Gasteiger partial charge in [-0.25, -0.2) is 4.79 Å². The van der Waals surface area contributed by atoms with Crippen LogP contribution in [-0.2, 0) is 30.9 Å². The number of phenolic OH excluding ortho intramolecular Hbond substituents is 1. The number of hydrogen-bond donors (Lipinski definition) is 1. The predicted octanol–water partition coefficient (Wildman–Crippen LogP) is 4.15. The van der Waals surface area contributed by atoms with Gasteiger partial charge in [-0.2, -0.15) is 0 Å². The number of fused-ring (bicyclic) bond motifs is 1. The van der Waals surface area contributed by atoms with Crippen molar-refractivity contribution in [3.8, 4) is 11.5 Å². The molecule has 0 saturated carbocycles. The van der Waals surface area contributed by atoms with Crippen LogP contribution in [0.2, 0.25) is 0 Å². The van der Waals surface area contributed by atoms with E-state index in [1.54, 1.807) is 12.1 Å². The number of piperidine rings is 1. The lowest BCUT2D eigenvalue weighted by Crippen LogP contribution is -2.60. The van der Waals surface area contributed by atoms with Crippen molar-refractivity contribution in [3.05, 3.63) is 40.7 Å². The maximum Gasteiger partial charge on any atom is 0.330 e. The van der Waals surface area contributed by atoms with Gasteiger partial charge in [0.1, 0.15) is 0 Å². The Morgan fingerprint density at radius 3 is 2.77 bits per heavy atom. The molecule has 1 fully saturated rings. The zero-order valence-electron chi connectivity index (χ0n) is 21.3. The molecule has 190 valence electrons. The Morgan fingerprint density at radius 2 is 2.06 bits per heavy atom. The zero-order chi connectivity index (χ0) is 25.2. The molecule has 3 aliphatic rings. The summed E-state index contributed by atoms with van der Waals surface area (Å²) >= 11 is 0. The average molecular weight is 484 g/mol. The molecule has 1 heterocycles. The van der Waals surface area contributed by atoms with E-state index in [0.29, 0.717) is 24.5 Å². The number of methoxy groups -OCH3 is 2. The first-order chi connectivity index (χ1) is 16.9. The number of benzene rings is 1. The zero-order valence-corrected chi connectivity index (χ0v) is 21.3. The van der Waals surface area contributed by atoms with Gasteiger partial charge < -0.3 is 24.2 Å². The molecule has 1 saturated heterocycles. The van der Waals surface area contributed by atoms with Gasteiger partial charge in [-0.05, 0) is 62.2 Å². The first-order valence-electron chi connectivity index (χ1n) is 12.6. The number of unbranched alkanes of at least 4 members (excludes halogenated alkanes) is 3. The van der Waals surface area contributed by atoms with Crippen LogP contribution in [0.3, 0.4) is 0 Å². The monoisotopic (exact) mass is 483 g/mol. The van der Waals surface area contributed by atoms with Crippen LogP contribution in [-0.4, -0.2) is 62.2 Å². The third-order valence-electron chi connectivity index (χ3n) is 8.01. The van der Waals surface area contributed by atoms with E-state index >= 15 is 0 Å². The van der Waals surface area contributed by atoms with Gasteiger partial charge in [0.2, 0.25) is 0 Å². The Balaban J connectivity index is 1.72. The summed E-state index contributed by atoms with van der Waals surface area (Å²) in [5, 5.41) is 11.3. The highest BCUT2D eigenvalue weighted by Gasteiger charge is 2.57. The number of allylic oxidation sites excluding steroid dienone is 1. The Labute approximate surface area is 207 Å². The molecule has 0 spiro atoms. The summed E-state index contributed by atoms with van der Waals surface area (Å²) in [5.74, 6) is 0.435. The minimum atomic E-state index is -0.537. The standard InChI is InChI=1S/C28H37NO6/c1-5-6-7-8-13-35-25(31)10-9-18-14-24(34-4)27(32)26-19(18)15-21-20-16-23(33-3)22(30)17-28(20,26)11-12-29(21)2/h9-10,14,16,20-21,32H,5-8,11-13,15,17H2,1-4H3/b10-9+/t20-,21+,28-/m0/s1. The minimum absolute atomic E-state index is 0.0318. The quantitative estimate of drug-likeness (QED) is 0.321. The number of ketones is 1. The second-order valence-corrected chi connectivity index (χ2v) is 9.95. The number of nitrogens with zero attached hydrogens (tertiary/aromatic N) is 1. The second-order valence-electron chi connectivity index (χ2n) is 9.95. The van der Waals surface area contributed by atoms with Gasteiger partial charge in [0.25, 0.3) is 0 Å². The number of aromatic hydroxyl groups is 1. The van der Waals surface area contributed by atoms with E-state index in [9.17, 15) is 14.7 Å². The Morgan fingerprint density at radius 1 is 1.26 bits per heavy atom. The van der Waals surface area contributed by atoms with Crippen LogP contribution in [0, 0.1) is 5.92 Å². The van der Waals surface area contributed by atoms with Crippen molar-refractivity contribution < 1.29 is 28.9 Å². The number of phenols is 1. The average Bonchev–Trinajstić information content (AvgIpc) is 2.84. The van der Waals surface area contributed by atoms with Crippen molar-refractivity contribution in [3.63, 3.8) is 0 Å². The van der Waals surface area contributed by atoms with Crippen molar-refractivity contribution >= 4 is 17.8 Å². The van der Waals surface area contributed by atoms with Gasteiger partial charge in [0.05, 0.1) is 20.8 Å². The number of likely N-dealkylation sites (tertiary alicyclic amines) is 1. The lowest BCUT2D eigenvalue weighted by molar-refractivity contribution is -0.137. The fourth-order valence-corrected chi connectivity index (χ4v) is 6.19. The van der Waals surface area contributed by atoms with E-state index in [2.05, 4.69) is 18.9 Å². The van der Waals surface area contributed by atoms with Crippen LogP contribution in [0.5, 0.6) is 11.5 Å². The molecule has 7 heteroatoms. The second kappa shape index (κ2) is 10.4. The summed E-state index contributed by atoms with van der Waals surface area (Å²) < 4.78 is 16.3. The molecule has 1 N–H and O–H groups in total. The van der Waals surface area contributed by atoms with Gasteiger partial charge in [-0.3, -0.25) is 4.79 Å².